The summed E-state index contributed by atoms with van der Waals surface area (Å²) >= 11 is 0. The Hall–Kier alpha value is -0.0800. The highest BCUT2D eigenvalue weighted by Gasteiger charge is 2.23. The molecule has 3 saturated carbocycles. The lowest BCUT2D eigenvalue weighted by molar-refractivity contribution is 0.0986. The largest absolute Gasteiger partial charge is 0.393 e. The van der Waals surface area contributed by atoms with Crippen molar-refractivity contribution in [2.24, 2.45) is 11.8 Å². The van der Waals surface area contributed by atoms with Gasteiger partial charge in [-0.2, -0.15) is 0 Å². The fourth-order valence-corrected chi connectivity index (χ4v) is 4.36. The molecule has 2 nitrogen and oxygen atoms in total. The van der Waals surface area contributed by atoms with Gasteiger partial charge in [0.1, 0.15) is 0 Å². The highest BCUT2D eigenvalue weighted by atomic mass is 16.3. The third kappa shape index (κ3) is 7.15. The van der Waals surface area contributed by atoms with Gasteiger partial charge in [-0.15, -0.1) is 0 Å². The first-order valence-electron chi connectivity index (χ1n) is 9.60. The highest BCUT2D eigenvalue weighted by molar-refractivity contribution is 4.76. The zero-order chi connectivity index (χ0) is 14.9. The van der Waals surface area contributed by atoms with Crippen LogP contribution in [0.15, 0.2) is 0 Å². The maximum atomic E-state index is 9.43. The van der Waals surface area contributed by atoms with Gasteiger partial charge in [-0.3, -0.25) is 0 Å². The molecule has 0 unspecified atom stereocenters. The predicted octanol–water partition coefficient (Wildman–Crippen LogP) is 4.82. The van der Waals surface area contributed by atoms with Gasteiger partial charge in [0.2, 0.25) is 0 Å². The van der Waals surface area contributed by atoms with Crippen molar-refractivity contribution in [3.63, 3.8) is 0 Å². The van der Waals surface area contributed by atoms with Crippen LogP contribution in [0.2, 0.25) is 0 Å². The van der Waals surface area contributed by atoms with Crippen molar-refractivity contribution in [2.75, 3.05) is 0 Å². The lowest BCUT2D eigenvalue weighted by Crippen LogP contribution is -2.21. The van der Waals surface area contributed by atoms with Gasteiger partial charge in [0.15, 0.2) is 0 Å². The number of rotatable bonds is 2. The number of hydrogen-bond donors (Lipinski definition) is 2. The maximum Gasteiger partial charge on any atom is 0.0540 e. The molecule has 0 aliphatic heterocycles. The minimum absolute atomic E-state index is 0.0256. The minimum Gasteiger partial charge on any atom is -0.393 e. The number of aliphatic hydroxyl groups is 2. The first-order valence-corrected chi connectivity index (χ1v) is 9.60. The normalized spacial score (nSPS) is 32.3. The van der Waals surface area contributed by atoms with Crippen molar-refractivity contribution < 1.29 is 10.2 Å². The summed E-state index contributed by atoms with van der Waals surface area (Å²) in [5.41, 5.74) is 0. The van der Waals surface area contributed by atoms with Crippen molar-refractivity contribution >= 4 is 0 Å². The van der Waals surface area contributed by atoms with Crippen molar-refractivity contribution in [2.45, 2.75) is 109 Å². The molecule has 0 aromatic heterocycles. The molecule has 0 amide bonds. The molecule has 124 valence electrons. The first kappa shape index (κ1) is 17.3. The van der Waals surface area contributed by atoms with Gasteiger partial charge in [-0.05, 0) is 56.8 Å². The van der Waals surface area contributed by atoms with Gasteiger partial charge in [0.25, 0.3) is 0 Å². The van der Waals surface area contributed by atoms with E-state index >= 15 is 0 Å². The van der Waals surface area contributed by atoms with Crippen molar-refractivity contribution in [1.82, 2.24) is 0 Å². The highest BCUT2D eigenvalue weighted by Crippen LogP contribution is 2.35. The van der Waals surface area contributed by atoms with Crippen LogP contribution >= 0.6 is 0 Å². The first-order chi connectivity index (χ1) is 10.2. The van der Waals surface area contributed by atoms with Crippen LogP contribution in [0.3, 0.4) is 0 Å². The SMILES string of the molecule is OC1CCC(CC2CCCCC2)CC1.OC1CCCCC1. The van der Waals surface area contributed by atoms with E-state index in [1.165, 1.54) is 70.6 Å². The molecule has 0 heterocycles. The molecule has 0 spiro atoms. The van der Waals surface area contributed by atoms with Gasteiger partial charge >= 0.3 is 0 Å². The second-order valence-corrected chi connectivity index (χ2v) is 7.71. The fourth-order valence-electron chi connectivity index (χ4n) is 4.36. The Kier molecular flexibility index (Phi) is 8.10. The quantitative estimate of drug-likeness (QED) is 0.767. The summed E-state index contributed by atoms with van der Waals surface area (Å²) in [5, 5.41) is 18.3. The van der Waals surface area contributed by atoms with E-state index in [4.69, 9.17) is 5.11 Å². The van der Waals surface area contributed by atoms with E-state index in [-0.39, 0.29) is 12.2 Å². The topological polar surface area (TPSA) is 40.5 Å². The van der Waals surface area contributed by atoms with Gasteiger partial charge in [0.05, 0.1) is 12.2 Å². The number of aliphatic hydroxyl groups excluding tert-OH is 2. The molecule has 3 aliphatic rings. The van der Waals surface area contributed by atoms with E-state index in [9.17, 15) is 5.11 Å². The summed E-state index contributed by atoms with van der Waals surface area (Å²) in [6.07, 6.45) is 19.5. The van der Waals surface area contributed by atoms with Crippen molar-refractivity contribution in [3.8, 4) is 0 Å². The Morgan fingerprint density at radius 3 is 1.38 bits per heavy atom. The van der Waals surface area contributed by atoms with Crippen LogP contribution in [0.5, 0.6) is 0 Å². The smallest absolute Gasteiger partial charge is 0.0540 e. The molecule has 0 atom stereocenters. The van der Waals surface area contributed by atoms with Crippen LogP contribution in [0.4, 0.5) is 0 Å². The molecule has 21 heavy (non-hydrogen) atoms. The van der Waals surface area contributed by atoms with E-state index in [1.807, 2.05) is 0 Å². The molecule has 2 N–H and O–H groups in total. The van der Waals surface area contributed by atoms with Crippen LogP contribution in [0, 0.1) is 11.8 Å². The summed E-state index contributed by atoms with van der Waals surface area (Å²) in [6, 6.07) is 0. The molecule has 0 aromatic rings. The van der Waals surface area contributed by atoms with E-state index in [0.717, 1.165) is 37.5 Å². The average molecular weight is 296 g/mol. The Bertz CT molecular complexity index is 246. The van der Waals surface area contributed by atoms with E-state index in [1.54, 1.807) is 0 Å². The third-order valence-electron chi connectivity index (χ3n) is 5.78. The standard InChI is InChI=1S/C13H24O.C6H12O/c14-13-8-6-12(7-9-13)10-11-4-2-1-3-5-11;7-6-4-2-1-3-5-6/h11-14H,1-10H2;6-7H,1-5H2. The van der Waals surface area contributed by atoms with Crippen LogP contribution in [0.1, 0.15) is 96.3 Å². The van der Waals surface area contributed by atoms with E-state index < -0.39 is 0 Å². The molecule has 0 aromatic carbocycles. The van der Waals surface area contributed by atoms with Gasteiger partial charge in [0, 0.05) is 0 Å². The monoisotopic (exact) mass is 296 g/mol. The Morgan fingerprint density at radius 2 is 0.905 bits per heavy atom. The second kappa shape index (κ2) is 9.84. The van der Waals surface area contributed by atoms with Gasteiger partial charge in [-0.25, -0.2) is 0 Å². The third-order valence-corrected chi connectivity index (χ3v) is 5.78. The molecular weight excluding hydrogens is 260 g/mol. The van der Waals surface area contributed by atoms with Crippen molar-refractivity contribution in [1.29, 1.82) is 0 Å². The summed E-state index contributed by atoms with van der Waals surface area (Å²) in [7, 11) is 0. The molecule has 3 fully saturated rings. The second-order valence-electron chi connectivity index (χ2n) is 7.71. The van der Waals surface area contributed by atoms with Crippen molar-refractivity contribution in [3.05, 3.63) is 0 Å². The van der Waals surface area contributed by atoms with Crippen LogP contribution in [-0.2, 0) is 0 Å². The van der Waals surface area contributed by atoms with Crippen LogP contribution < -0.4 is 0 Å². The molecule has 3 rings (SSSR count). The van der Waals surface area contributed by atoms with E-state index in [0.29, 0.717) is 0 Å². The Balaban J connectivity index is 0.000000194. The number of hydrogen-bond acceptors (Lipinski definition) is 2. The Labute approximate surface area is 131 Å². The van der Waals surface area contributed by atoms with Crippen LogP contribution in [-0.4, -0.2) is 22.4 Å². The predicted molar refractivity (Wildman–Crippen MR) is 88.2 cm³/mol. The molecule has 0 saturated heterocycles. The lowest BCUT2D eigenvalue weighted by Gasteiger charge is -2.30. The van der Waals surface area contributed by atoms with Gasteiger partial charge in [-0.1, -0.05) is 51.4 Å². The zero-order valence-electron chi connectivity index (χ0n) is 13.8. The summed E-state index contributed by atoms with van der Waals surface area (Å²) in [6.45, 7) is 0. The minimum atomic E-state index is 0.0256. The molecule has 0 radical (unpaired) electrons. The molecule has 2 heteroatoms. The fraction of sp³-hybridized carbons (Fsp3) is 1.00. The Morgan fingerprint density at radius 1 is 0.476 bits per heavy atom. The van der Waals surface area contributed by atoms with Gasteiger partial charge < -0.3 is 10.2 Å². The molecular formula is C19H36O2. The van der Waals surface area contributed by atoms with Crippen LogP contribution in [0.25, 0.3) is 0 Å². The zero-order valence-corrected chi connectivity index (χ0v) is 13.8. The molecule has 0 bridgehead atoms. The lowest BCUT2D eigenvalue weighted by atomic mass is 9.77. The average Bonchev–Trinajstić information content (AvgIpc) is 2.52. The summed E-state index contributed by atoms with van der Waals surface area (Å²) in [4.78, 5) is 0. The molecule has 3 aliphatic carbocycles. The summed E-state index contributed by atoms with van der Waals surface area (Å²) in [5.74, 6) is 1.98. The maximum absolute atomic E-state index is 9.43. The van der Waals surface area contributed by atoms with E-state index in [2.05, 4.69) is 0 Å². The summed E-state index contributed by atoms with van der Waals surface area (Å²) < 4.78 is 0.